The van der Waals surface area contributed by atoms with Crippen LogP contribution < -0.4 is 4.52 Å². The van der Waals surface area contributed by atoms with Crippen molar-refractivity contribution >= 4 is 19.4 Å². The number of aryl methyl sites for hydroxylation is 1. The van der Waals surface area contributed by atoms with Crippen LogP contribution in [-0.2, 0) is 31.3 Å². The predicted octanol–water partition coefficient (Wildman–Crippen LogP) is 4.97. The molecule has 1 aliphatic heterocycles. The highest BCUT2D eigenvalue weighted by Crippen LogP contribution is 2.71. The van der Waals surface area contributed by atoms with Gasteiger partial charge in [-0.05, 0) is 67.9 Å². The van der Waals surface area contributed by atoms with Gasteiger partial charge in [-0.15, -0.1) is 11.6 Å². The van der Waals surface area contributed by atoms with Gasteiger partial charge < -0.3 is 9.26 Å². The molecule has 6 rings (SSSR count). The van der Waals surface area contributed by atoms with E-state index in [4.69, 9.17) is 30.6 Å². The fraction of sp³-hybridized carbons (Fsp3) is 0.714. The summed E-state index contributed by atoms with van der Waals surface area (Å²) < 4.78 is 61.8. The molecule has 1 saturated heterocycles. The lowest BCUT2D eigenvalue weighted by Gasteiger charge is -2.70. The molecule has 184 valence electrons. The van der Waals surface area contributed by atoms with E-state index in [1.165, 1.54) is 6.07 Å². The fourth-order valence-corrected chi connectivity index (χ4v) is 7.72. The van der Waals surface area contributed by atoms with Gasteiger partial charge in [0.05, 0.1) is 0 Å². The average molecular weight is 513 g/mol. The molecule has 4 aliphatic carbocycles. The van der Waals surface area contributed by atoms with Crippen molar-refractivity contribution in [3.63, 3.8) is 0 Å². The third-order valence-electron chi connectivity index (χ3n) is 7.62. The second-order valence-electron chi connectivity index (χ2n) is 9.73. The number of hydrogen-bond acceptors (Lipinski definition) is 5. The van der Waals surface area contributed by atoms with Crippen LogP contribution in [0.1, 0.15) is 50.2 Å². The largest absolute Gasteiger partial charge is 0.524 e. The first-order valence-electron chi connectivity index (χ1n) is 10.9. The molecule has 1 spiro atoms. The van der Waals surface area contributed by atoms with E-state index < -0.39 is 36.9 Å². The van der Waals surface area contributed by atoms with E-state index in [9.17, 15) is 27.5 Å². The molecule has 1 heterocycles. The average Bonchev–Trinajstić information content (AvgIpc) is 2.64. The zero-order valence-electron chi connectivity index (χ0n) is 17.8. The second-order valence-corrected chi connectivity index (χ2v) is 11.7. The molecule has 7 nitrogen and oxygen atoms in total. The number of halogens is 4. The van der Waals surface area contributed by atoms with Gasteiger partial charge in [0.25, 0.3) is 5.79 Å². The van der Waals surface area contributed by atoms with Crippen molar-refractivity contribution in [2.75, 3.05) is 6.61 Å². The van der Waals surface area contributed by atoms with E-state index in [2.05, 4.69) is 0 Å². The van der Waals surface area contributed by atoms with Gasteiger partial charge in [-0.2, -0.15) is 18.1 Å². The summed E-state index contributed by atoms with van der Waals surface area (Å²) in [5, 5.41) is 0. The van der Waals surface area contributed by atoms with E-state index >= 15 is 0 Å². The molecule has 4 saturated carbocycles. The van der Waals surface area contributed by atoms with Crippen molar-refractivity contribution in [3.05, 3.63) is 29.3 Å². The van der Waals surface area contributed by atoms with E-state index in [1.54, 1.807) is 19.1 Å². The molecular formula is C21H25ClF3O7P. The van der Waals surface area contributed by atoms with Gasteiger partial charge in [-0.3, -0.25) is 9.79 Å². The number of alkyl halides is 4. The van der Waals surface area contributed by atoms with Gasteiger partial charge in [-0.25, -0.2) is 9.45 Å². The lowest BCUT2D eigenvalue weighted by molar-refractivity contribution is -0.650. The van der Waals surface area contributed by atoms with Gasteiger partial charge in [0, 0.05) is 10.4 Å². The summed E-state index contributed by atoms with van der Waals surface area (Å²) in [7, 11) is -4.91. The monoisotopic (exact) mass is 512 g/mol. The Morgan fingerprint density at radius 3 is 2.33 bits per heavy atom. The molecule has 0 aromatic heterocycles. The standard InChI is InChI=1S/C21H25ClF3O7P/c1-2-13-3-4-14(7-17(13)30-33(26,27)28)21(29-11-19(23,24)25)20(31-32-21)15-5-12-6-16(20)10-18(22,8-12)9-15/h3-4,7,12,15-16H,2,5-6,8-11H2,1H3,(H2,26,27,28). The predicted molar refractivity (Wildman–Crippen MR) is 109 cm³/mol. The summed E-state index contributed by atoms with van der Waals surface area (Å²) in [6, 6.07) is 4.39. The van der Waals surface area contributed by atoms with Crippen LogP contribution >= 0.6 is 19.4 Å². The lowest BCUT2D eigenvalue weighted by Crippen LogP contribution is -2.78. The Balaban J connectivity index is 1.61. The van der Waals surface area contributed by atoms with Gasteiger partial charge >= 0.3 is 14.0 Å². The summed E-state index contributed by atoms with van der Waals surface area (Å²) in [5.41, 5.74) is -0.539. The first kappa shape index (κ1) is 23.9. The molecule has 0 amide bonds. The SMILES string of the molecule is CCc1ccc(C2(OCC(F)(F)F)OOC23C2CC4CC3CC(Cl)(C4)C2)cc1OP(=O)(O)O. The summed E-state index contributed by atoms with van der Waals surface area (Å²) >= 11 is 6.84. The van der Waals surface area contributed by atoms with Crippen LogP contribution in [0.2, 0.25) is 0 Å². The van der Waals surface area contributed by atoms with E-state index in [1.807, 2.05) is 0 Å². The minimum absolute atomic E-state index is 0.137. The van der Waals surface area contributed by atoms with Crippen LogP contribution in [0.25, 0.3) is 0 Å². The van der Waals surface area contributed by atoms with E-state index in [0.717, 1.165) is 19.3 Å². The van der Waals surface area contributed by atoms with E-state index in [-0.39, 0.29) is 23.1 Å². The van der Waals surface area contributed by atoms with Crippen molar-refractivity contribution in [2.24, 2.45) is 17.8 Å². The first-order valence-corrected chi connectivity index (χ1v) is 12.8. The topological polar surface area (TPSA) is 94.5 Å². The van der Waals surface area contributed by atoms with Gasteiger partial charge in [0.2, 0.25) is 0 Å². The number of benzene rings is 1. The summed E-state index contributed by atoms with van der Waals surface area (Å²) in [6.07, 6.45) is -0.742. The molecule has 1 aromatic carbocycles. The van der Waals surface area contributed by atoms with Crippen LogP contribution in [0.5, 0.6) is 5.75 Å². The molecule has 33 heavy (non-hydrogen) atoms. The number of ether oxygens (including phenoxy) is 1. The van der Waals surface area contributed by atoms with Crippen molar-refractivity contribution < 1.29 is 46.6 Å². The number of phosphoric acid groups is 1. The van der Waals surface area contributed by atoms with Gasteiger partial charge in [0.15, 0.2) is 5.60 Å². The van der Waals surface area contributed by atoms with Crippen LogP contribution in [0.15, 0.2) is 18.2 Å². The molecular weight excluding hydrogens is 488 g/mol. The molecule has 1 aromatic rings. The number of hydrogen-bond donors (Lipinski definition) is 2. The lowest BCUT2D eigenvalue weighted by atomic mass is 9.46. The summed E-state index contributed by atoms with van der Waals surface area (Å²) in [4.78, 5) is 29.5. The van der Waals surface area contributed by atoms with Gasteiger partial charge in [0.1, 0.15) is 12.4 Å². The minimum Gasteiger partial charge on any atom is -0.404 e. The van der Waals surface area contributed by atoms with Crippen LogP contribution in [0.4, 0.5) is 13.2 Å². The maximum Gasteiger partial charge on any atom is 0.524 e. The maximum absolute atomic E-state index is 13.3. The molecule has 3 unspecified atom stereocenters. The fourth-order valence-electron chi connectivity index (χ4n) is 6.70. The Morgan fingerprint density at radius 1 is 1.18 bits per heavy atom. The molecule has 4 bridgehead atoms. The third kappa shape index (κ3) is 3.82. The van der Waals surface area contributed by atoms with Crippen molar-refractivity contribution in [1.29, 1.82) is 0 Å². The Kier molecular flexibility index (Phi) is 5.47. The Labute approximate surface area is 193 Å². The highest BCUT2D eigenvalue weighted by atomic mass is 35.5. The Hall–Kier alpha value is -0.870. The molecule has 12 heteroatoms. The summed E-state index contributed by atoms with van der Waals surface area (Å²) in [6.45, 7) is 0.191. The zero-order chi connectivity index (χ0) is 23.9. The number of rotatable bonds is 6. The van der Waals surface area contributed by atoms with Crippen LogP contribution in [0.3, 0.4) is 0 Å². The van der Waals surface area contributed by atoms with Crippen LogP contribution in [-0.4, -0.2) is 33.0 Å². The molecule has 2 N–H and O–H groups in total. The molecule has 0 radical (unpaired) electrons. The molecule has 5 aliphatic rings. The quantitative estimate of drug-likeness (QED) is 0.316. The Bertz CT molecular complexity index is 983. The minimum atomic E-state index is -4.91. The summed E-state index contributed by atoms with van der Waals surface area (Å²) in [5.74, 6) is -2.04. The van der Waals surface area contributed by atoms with Crippen molar-refractivity contribution in [1.82, 2.24) is 0 Å². The van der Waals surface area contributed by atoms with Gasteiger partial charge in [-0.1, -0.05) is 19.1 Å². The van der Waals surface area contributed by atoms with Crippen molar-refractivity contribution in [2.45, 2.75) is 67.9 Å². The highest BCUT2D eigenvalue weighted by Gasteiger charge is 2.78. The number of phosphoric ester groups is 1. The molecule has 3 atom stereocenters. The van der Waals surface area contributed by atoms with Crippen molar-refractivity contribution in [3.8, 4) is 5.75 Å². The normalized spacial score (nSPS) is 39.7. The van der Waals surface area contributed by atoms with Crippen LogP contribution in [0, 0.1) is 17.8 Å². The smallest absolute Gasteiger partial charge is 0.404 e. The molecule has 5 fully saturated rings. The second kappa shape index (κ2) is 7.56. The first-order chi connectivity index (χ1) is 15.3. The van der Waals surface area contributed by atoms with E-state index in [0.29, 0.717) is 30.7 Å². The maximum atomic E-state index is 13.3. The highest BCUT2D eigenvalue weighted by molar-refractivity contribution is 7.46. The Morgan fingerprint density at radius 2 is 1.85 bits per heavy atom. The third-order valence-corrected chi connectivity index (χ3v) is 8.52. The zero-order valence-corrected chi connectivity index (χ0v) is 19.5.